The molecule has 5 heteroatoms. The van der Waals surface area contributed by atoms with Gasteiger partial charge in [-0.3, -0.25) is 9.36 Å². The largest absolute Gasteiger partial charge is 0.480 e. The molecule has 0 aliphatic heterocycles. The minimum Gasteiger partial charge on any atom is -0.480 e. The van der Waals surface area contributed by atoms with Crippen LogP contribution in [0.15, 0.2) is 0 Å². The molecule has 1 unspecified atom stereocenters. The third-order valence-corrected chi connectivity index (χ3v) is 5.07. The highest BCUT2D eigenvalue weighted by Gasteiger charge is 2.44. The van der Waals surface area contributed by atoms with Crippen LogP contribution in [0.4, 0.5) is 0 Å². The summed E-state index contributed by atoms with van der Waals surface area (Å²) in [6, 6.07) is 0. The molecule has 0 spiro atoms. The summed E-state index contributed by atoms with van der Waals surface area (Å²) in [5.41, 5.74) is 0. The Morgan fingerprint density at radius 1 is 1.46 bits per heavy atom. The van der Waals surface area contributed by atoms with Gasteiger partial charge in [0.2, 0.25) is 7.37 Å². The monoisotopic (exact) mass is 208 g/mol. The Morgan fingerprint density at radius 3 is 2.23 bits per heavy atom. The first-order valence-corrected chi connectivity index (χ1v) is 6.15. The van der Waals surface area contributed by atoms with E-state index in [9.17, 15) is 14.3 Å². The molecule has 0 saturated carbocycles. The number of hydrogen-bond acceptors (Lipinski definition) is 2. The second kappa shape index (κ2) is 4.25. The van der Waals surface area contributed by atoms with E-state index in [2.05, 4.69) is 0 Å². The molecule has 13 heavy (non-hydrogen) atoms. The van der Waals surface area contributed by atoms with Crippen molar-refractivity contribution in [2.45, 2.75) is 38.8 Å². The Morgan fingerprint density at radius 2 is 1.92 bits per heavy atom. The maximum absolute atomic E-state index is 11.6. The Hall–Kier alpha value is -0.340. The summed E-state index contributed by atoms with van der Waals surface area (Å²) in [4.78, 5) is 20.2. The fourth-order valence-corrected chi connectivity index (χ4v) is 2.40. The maximum atomic E-state index is 11.6. The molecule has 0 bridgehead atoms. The zero-order valence-corrected chi connectivity index (χ0v) is 9.17. The summed E-state index contributed by atoms with van der Waals surface area (Å²) in [5, 5.41) is 7.22. The van der Waals surface area contributed by atoms with Crippen LogP contribution < -0.4 is 0 Å². The van der Waals surface area contributed by atoms with Gasteiger partial charge in [-0.2, -0.15) is 0 Å². The number of rotatable bonds is 5. The molecule has 0 heterocycles. The zero-order valence-electron chi connectivity index (χ0n) is 8.28. The molecule has 0 aliphatic rings. The molecular weight excluding hydrogens is 191 g/mol. The quantitative estimate of drug-likeness (QED) is 0.677. The summed E-state index contributed by atoms with van der Waals surface area (Å²) in [7, 11) is -3.57. The molecule has 1 atom stereocenters. The van der Waals surface area contributed by atoms with Crippen molar-refractivity contribution < 1.29 is 19.4 Å². The second-order valence-electron chi connectivity index (χ2n) is 3.64. The van der Waals surface area contributed by atoms with E-state index in [-0.39, 0.29) is 6.16 Å². The van der Waals surface area contributed by atoms with Crippen LogP contribution in [0.1, 0.15) is 33.6 Å². The Balaban J connectivity index is 4.61. The smallest absolute Gasteiger partial charge is 0.318 e. The molecule has 0 radical (unpaired) electrons. The van der Waals surface area contributed by atoms with E-state index in [1.807, 2.05) is 6.92 Å². The van der Waals surface area contributed by atoms with E-state index in [1.54, 1.807) is 0 Å². The van der Waals surface area contributed by atoms with Crippen molar-refractivity contribution in [3.63, 3.8) is 0 Å². The molecule has 4 nitrogen and oxygen atoms in total. The number of carbonyl (C=O) groups is 1. The van der Waals surface area contributed by atoms with Crippen LogP contribution in [0.3, 0.4) is 0 Å². The van der Waals surface area contributed by atoms with Gasteiger partial charge in [0.25, 0.3) is 0 Å². The predicted molar refractivity (Wildman–Crippen MR) is 51.3 cm³/mol. The van der Waals surface area contributed by atoms with Crippen molar-refractivity contribution in [3.8, 4) is 0 Å². The summed E-state index contributed by atoms with van der Waals surface area (Å²) < 4.78 is 11.6. The molecular formula is C8H17O4P. The Kier molecular flexibility index (Phi) is 4.14. The number of unbranched alkanes of at least 4 members (excludes halogenated alkanes) is 1. The average molecular weight is 208 g/mol. The lowest BCUT2D eigenvalue weighted by molar-refractivity contribution is -0.139. The van der Waals surface area contributed by atoms with Crippen LogP contribution in [0.5, 0.6) is 0 Å². The Bertz CT molecular complexity index is 234. The van der Waals surface area contributed by atoms with Gasteiger partial charge in [0.1, 0.15) is 5.16 Å². The van der Waals surface area contributed by atoms with Crippen LogP contribution in [0, 0.1) is 0 Å². The van der Waals surface area contributed by atoms with E-state index < -0.39 is 18.5 Å². The van der Waals surface area contributed by atoms with E-state index in [0.29, 0.717) is 6.42 Å². The van der Waals surface area contributed by atoms with E-state index >= 15 is 0 Å². The molecule has 0 aromatic heterocycles. The third-order valence-electron chi connectivity index (χ3n) is 2.21. The van der Waals surface area contributed by atoms with Crippen LogP contribution in [0.2, 0.25) is 0 Å². The van der Waals surface area contributed by atoms with Crippen LogP contribution in [-0.2, 0) is 9.36 Å². The molecule has 2 N–H and O–H groups in total. The second-order valence-corrected chi connectivity index (χ2v) is 6.61. The van der Waals surface area contributed by atoms with Gasteiger partial charge in [-0.25, -0.2) is 0 Å². The summed E-state index contributed by atoms with van der Waals surface area (Å²) in [5.74, 6) is -1.21. The van der Waals surface area contributed by atoms with Gasteiger partial charge >= 0.3 is 5.97 Å². The minimum absolute atomic E-state index is 0.0861. The topological polar surface area (TPSA) is 74.6 Å². The fourth-order valence-electron chi connectivity index (χ4n) is 0.801. The number of carboxylic acid groups (broad SMARTS) is 1. The van der Waals surface area contributed by atoms with Crippen molar-refractivity contribution in [1.82, 2.24) is 0 Å². The van der Waals surface area contributed by atoms with Crippen molar-refractivity contribution in [1.29, 1.82) is 0 Å². The maximum Gasteiger partial charge on any atom is 0.318 e. The number of carboxylic acids is 1. The Labute approximate surface area is 78.4 Å². The van der Waals surface area contributed by atoms with Gasteiger partial charge in [-0.05, 0) is 20.3 Å². The highest BCUT2D eigenvalue weighted by Crippen LogP contribution is 2.54. The molecule has 78 valence electrons. The highest BCUT2D eigenvalue weighted by atomic mass is 31.2. The highest BCUT2D eigenvalue weighted by molar-refractivity contribution is 7.60. The normalized spacial score (nSPS) is 16.6. The van der Waals surface area contributed by atoms with Gasteiger partial charge in [0.05, 0.1) is 0 Å². The average Bonchev–Trinajstić information content (AvgIpc) is 2.00. The number of hydrogen-bond donors (Lipinski definition) is 2. The predicted octanol–water partition coefficient (Wildman–Crippen LogP) is 1.92. The SMILES string of the molecule is CCCCP(=O)(O)C(C)(C)C(=O)O. The molecule has 0 saturated heterocycles. The third kappa shape index (κ3) is 2.82. The number of aliphatic carboxylic acids is 1. The fraction of sp³-hybridized carbons (Fsp3) is 0.875. The molecule has 0 aliphatic carbocycles. The lowest BCUT2D eigenvalue weighted by Gasteiger charge is -2.25. The first kappa shape index (κ1) is 12.7. The van der Waals surface area contributed by atoms with E-state index in [4.69, 9.17) is 5.11 Å². The summed E-state index contributed by atoms with van der Waals surface area (Å²) >= 11 is 0. The van der Waals surface area contributed by atoms with E-state index in [0.717, 1.165) is 6.42 Å². The van der Waals surface area contributed by atoms with Crippen molar-refractivity contribution >= 4 is 13.3 Å². The van der Waals surface area contributed by atoms with Crippen molar-refractivity contribution in [2.24, 2.45) is 0 Å². The van der Waals surface area contributed by atoms with Crippen LogP contribution in [0.25, 0.3) is 0 Å². The van der Waals surface area contributed by atoms with Gasteiger partial charge < -0.3 is 10.00 Å². The van der Waals surface area contributed by atoms with Gasteiger partial charge in [-0.1, -0.05) is 13.3 Å². The first-order chi connectivity index (χ1) is 5.75. The molecule has 0 aromatic rings. The molecule has 0 aromatic carbocycles. The van der Waals surface area contributed by atoms with Gasteiger partial charge in [0.15, 0.2) is 0 Å². The van der Waals surface area contributed by atoms with Crippen molar-refractivity contribution in [2.75, 3.05) is 6.16 Å². The lowest BCUT2D eigenvalue weighted by Crippen LogP contribution is -2.32. The first-order valence-electron chi connectivity index (χ1n) is 4.31. The lowest BCUT2D eigenvalue weighted by atomic mass is 10.2. The minimum atomic E-state index is -3.57. The van der Waals surface area contributed by atoms with Gasteiger partial charge in [-0.15, -0.1) is 0 Å². The summed E-state index contributed by atoms with van der Waals surface area (Å²) in [6.45, 7) is 4.49. The van der Waals surface area contributed by atoms with Crippen LogP contribution >= 0.6 is 7.37 Å². The summed E-state index contributed by atoms with van der Waals surface area (Å²) in [6.07, 6.45) is 1.47. The molecule has 0 rings (SSSR count). The van der Waals surface area contributed by atoms with Crippen molar-refractivity contribution in [3.05, 3.63) is 0 Å². The van der Waals surface area contributed by atoms with Gasteiger partial charge in [0, 0.05) is 6.16 Å². The zero-order chi connectivity index (χ0) is 10.7. The van der Waals surface area contributed by atoms with E-state index in [1.165, 1.54) is 13.8 Å². The van der Waals surface area contributed by atoms with Crippen LogP contribution in [-0.4, -0.2) is 27.3 Å². The standard InChI is InChI=1S/C8H17O4P/c1-4-5-6-13(11,12)8(2,3)7(9)10/h4-6H2,1-3H3,(H,9,10)(H,11,12). The molecule has 0 amide bonds. The molecule has 0 fully saturated rings.